The number of β-amino-alcohol motifs (C(OH)–C–C–N with tert-alkyl or cyclic N) is 1. The highest BCUT2D eigenvalue weighted by Crippen LogP contribution is 2.36. The molecule has 2 aliphatic rings. The highest BCUT2D eigenvalue weighted by atomic mass is 35.5. The van der Waals surface area contributed by atoms with Gasteiger partial charge in [0.1, 0.15) is 12.0 Å². The number of piperidine rings is 1. The van der Waals surface area contributed by atoms with Crippen molar-refractivity contribution in [2.45, 2.75) is 49.8 Å². The molecule has 234 valence electrons. The van der Waals surface area contributed by atoms with Crippen LogP contribution in [0.25, 0.3) is 0 Å². The van der Waals surface area contributed by atoms with Gasteiger partial charge in [-0.05, 0) is 68.4 Å². The summed E-state index contributed by atoms with van der Waals surface area (Å²) in [6, 6.07) is 8.07. The van der Waals surface area contributed by atoms with Crippen LogP contribution in [-0.4, -0.2) is 104 Å². The SMILES string of the molecule is CN(Cc1ccc(C(F)(F)F)c(F)c1)C1CN(C(O)CN2CCC(N(C)S(C)(=O)=O)CC2)C[C@@H]1c1ccc(Cl)c(Cl)c1. The molecule has 7 nitrogen and oxygen atoms in total. The van der Waals surface area contributed by atoms with Crippen LogP contribution in [0.2, 0.25) is 10.0 Å². The van der Waals surface area contributed by atoms with Gasteiger partial charge in [0, 0.05) is 51.2 Å². The number of hydrogen-bond donors (Lipinski definition) is 1. The molecule has 4 rings (SSSR count). The van der Waals surface area contributed by atoms with Gasteiger partial charge in [-0.15, -0.1) is 0 Å². The van der Waals surface area contributed by atoms with Gasteiger partial charge in [-0.1, -0.05) is 35.3 Å². The van der Waals surface area contributed by atoms with Crippen LogP contribution < -0.4 is 0 Å². The molecule has 42 heavy (non-hydrogen) atoms. The largest absolute Gasteiger partial charge is 0.419 e. The molecule has 2 heterocycles. The second kappa shape index (κ2) is 13.2. The zero-order valence-electron chi connectivity index (χ0n) is 23.7. The molecule has 2 fully saturated rings. The van der Waals surface area contributed by atoms with Crippen molar-refractivity contribution in [3.05, 3.63) is 69.0 Å². The minimum Gasteiger partial charge on any atom is -0.377 e. The summed E-state index contributed by atoms with van der Waals surface area (Å²) in [4.78, 5) is 6.03. The Morgan fingerprint density at radius 1 is 1.05 bits per heavy atom. The molecular weight excluding hydrogens is 619 g/mol. The molecule has 0 radical (unpaired) electrons. The summed E-state index contributed by atoms with van der Waals surface area (Å²) in [7, 11) is 0.135. The van der Waals surface area contributed by atoms with E-state index in [4.69, 9.17) is 23.2 Å². The topological polar surface area (TPSA) is 67.3 Å². The zero-order valence-corrected chi connectivity index (χ0v) is 26.0. The van der Waals surface area contributed by atoms with Gasteiger partial charge in [0.15, 0.2) is 0 Å². The van der Waals surface area contributed by atoms with Crippen molar-refractivity contribution in [1.29, 1.82) is 0 Å². The number of aliphatic hydroxyl groups excluding tert-OH is 1. The number of halogens is 6. The van der Waals surface area contributed by atoms with E-state index in [9.17, 15) is 31.1 Å². The lowest BCUT2D eigenvalue weighted by Gasteiger charge is -2.37. The molecule has 2 unspecified atom stereocenters. The molecule has 2 aromatic rings. The number of aliphatic hydroxyl groups is 1. The summed E-state index contributed by atoms with van der Waals surface area (Å²) >= 11 is 12.5. The van der Waals surface area contributed by atoms with Crippen LogP contribution in [0.1, 0.15) is 35.4 Å². The standard InChI is InChI=1S/C28H36Cl2F4N4O3S/c1-35(14-18-4-6-22(25(31)12-18)28(32,33)34)26-16-38(15-21(26)19-5-7-23(29)24(30)13-19)27(39)17-37-10-8-20(9-11-37)36(2)42(3,40)41/h4-7,12-13,20-21,26-27,39H,8-11,14-17H2,1-3H3/t21-,26?,27?/m1/s1. The Morgan fingerprint density at radius 3 is 2.29 bits per heavy atom. The molecular formula is C28H36Cl2F4N4O3S. The number of nitrogens with zero attached hydrogens (tertiary/aromatic N) is 4. The first-order chi connectivity index (χ1) is 19.5. The van der Waals surface area contributed by atoms with E-state index >= 15 is 0 Å². The molecule has 0 bridgehead atoms. The predicted molar refractivity (Wildman–Crippen MR) is 156 cm³/mol. The Labute approximate surface area is 254 Å². The normalized spacial score (nSPS) is 22.4. The lowest BCUT2D eigenvalue weighted by atomic mass is 9.93. The second-order valence-electron chi connectivity index (χ2n) is 11.3. The van der Waals surface area contributed by atoms with Gasteiger partial charge in [-0.3, -0.25) is 14.7 Å². The fourth-order valence-corrected chi connectivity index (χ4v) is 7.01. The Balaban J connectivity index is 1.47. The molecule has 0 amide bonds. The molecule has 2 saturated heterocycles. The maximum absolute atomic E-state index is 14.3. The first-order valence-corrected chi connectivity index (χ1v) is 16.2. The Morgan fingerprint density at radius 2 is 1.71 bits per heavy atom. The van der Waals surface area contributed by atoms with Gasteiger partial charge in [-0.25, -0.2) is 17.1 Å². The van der Waals surface area contributed by atoms with Crippen molar-refractivity contribution in [3.8, 4) is 0 Å². The van der Waals surface area contributed by atoms with Crippen molar-refractivity contribution >= 4 is 33.2 Å². The third-order valence-electron chi connectivity index (χ3n) is 8.46. The lowest BCUT2D eigenvalue weighted by Crippen LogP contribution is -2.49. The minimum atomic E-state index is -4.77. The maximum atomic E-state index is 14.3. The van der Waals surface area contributed by atoms with E-state index in [1.807, 2.05) is 22.9 Å². The third-order valence-corrected chi connectivity index (χ3v) is 10.5. The van der Waals surface area contributed by atoms with E-state index in [0.29, 0.717) is 61.2 Å². The van der Waals surface area contributed by atoms with Crippen molar-refractivity contribution < 1.29 is 31.1 Å². The molecule has 14 heteroatoms. The van der Waals surface area contributed by atoms with E-state index in [0.717, 1.165) is 17.7 Å². The molecule has 1 N–H and O–H groups in total. The van der Waals surface area contributed by atoms with Gasteiger partial charge in [0.2, 0.25) is 10.0 Å². The smallest absolute Gasteiger partial charge is 0.377 e. The number of hydrogen-bond acceptors (Lipinski definition) is 6. The maximum Gasteiger partial charge on any atom is 0.419 e. The summed E-state index contributed by atoms with van der Waals surface area (Å²) in [6.07, 6.45) is -3.05. The highest BCUT2D eigenvalue weighted by Gasteiger charge is 2.40. The molecule has 3 atom stereocenters. The van der Waals surface area contributed by atoms with Gasteiger partial charge >= 0.3 is 6.18 Å². The summed E-state index contributed by atoms with van der Waals surface area (Å²) < 4.78 is 78.6. The van der Waals surface area contributed by atoms with Crippen LogP contribution >= 0.6 is 23.2 Å². The van der Waals surface area contributed by atoms with Crippen LogP contribution in [0.4, 0.5) is 17.6 Å². The Hall–Kier alpha value is -1.51. The summed E-state index contributed by atoms with van der Waals surface area (Å²) in [5.41, 5.74) is 0.000687. The first-order valence-electron chi connectivity index (χ1n) is 13.6. The quantitative estimate of drug-likeness (QED) is 0.395. The average molecular weight is 656 g/mol. The molecule has 0 saturated carbocycles. The van der Waals surface area contributed by atoms with Crippen LogP contribution in [0.5, 0.6) is 0 Å². The van der Waals surface area contributed by atoms with E-state index in [1.54, 1.807) is 19.2 Å². The van der Waals surface area contributed by atoms with E-state index in [1.165, 1.54) is 16.6 Å². The Kier molecular flexibility index (Phi) is 10.5. The van der Waals surface area contributed by atoms with Crippen molar-refractivity contribution in [1.82, 2.24) is 19.0 Å². The number of likely N-dealkylation sites (N-methyl/N-ethyl adjacent to an activating group) is 1. The van der Waals surface area contributed by atoms with Crippen molar-refractivity contribution in [3.63, 3.8) is 0 Å². The molecule has 2 aromatic carbocycles. The molecule has 2 aliphatic heterocycles. The van der Waals surface area contributed by atoms with Crippen molar-refractivity contribution in [2.24, 2.45) is 0 Å². The first kappa shape index (κ1) is 33.4. The summed E-state index contributed by atoms with van der Waals surface area (Å²) in [5.74, 6) is -1.43. The monoisotopic (exact) mass is 654 g/mol. The van der Waals surface area contributed by atoms with Gasteiger partial charge in [0.25, 0.3) is 0 Å². The fraction of sp³-hybridized carbons (Fsp3) is 0.571. The van der Waals surface area contributed by atoms with Gasteiger partial charge < -0.3 is 5.11 Å². The van der Waals surface area contributed by atoms with Gasteiger partial charge in [0.05, 0.1) is 21.9 Å². The zero-order chi connectivity index (χ0) is 31.0. The van der Waals surface area contributed by atoms with Crippen LogP contribution in [0, 0.1) is 5.82 Å². The molecule has 0 aromatic heterocycles. The lowest BCUT2D eigenvalue weighted by molar-refractivity contribution is -0.140. The third kappa shape index (κ3) is 7.95. The second-order valence-corrected chi connectivity index (χ2v) is 14.2. The number of alkyl halides is 3. The van der Waals surface area contributed by atoms with Crippen LogP contribution in [0.15, 0.2) is 36.4 Å². The van der Waals surface area contributed by atoms with Crippen LogP contribution in [-0.2, 0) is 22.7 Å². The number of sulfonamides is 1. The van der Waals surface area contributed by atoms with Crippen LogP contribution in [0.3, 0.4) is 0 Å². The fourth-order valence-electron chi connectivity index (χ4n) is 5.95. The summed E-state index contributed by atoms with van der Waals surface area (Å²) in [6.45, 7) is 2.82. The predicted octanol–water partition coefficient (Wildman–Crippen LogP) is 4.73. The number of rotatable bonds is 9. The van der Waals surface area contributed by atoms with E-state index in [2.05, 4.69) is 4.90 Å². The average Bonchev–Trinajstić information content (AvgIpc) is 3.35. The van der Waals surface area contributed by atoms with E-state index in [-0.39, 0.29) is 24.5 Å². The number of likely N-dealkylation sites (tertiary alicyclic amines) is 2. The van der Waals surface area contributed by atoms with Crippen molar-refractivity contribution in [2.75, 3.05) is 53.1 Å². The highest BCUT2D eigenvalue weighted by molar-refractivity contribution is 7.88. The van der Waals surface area contributed by atoms with E-state index < -0.39 is 33.8 Å². The Bertz CT molecular complexity index is 1360. The van der Waals surface area contributed by atoms with Gasteiger partial charge in [-0.2, -0.15) is 13.2 Å². The molecule has 0 aliphatic carbocycles. The minimum absolute atomic E-state index is 0.0766. The number of benzene rings is 2. The summed E-state index contributed by atoms with van der Waals surface area (Å²) in [5, 5.41) is 12.1. The molecule has 0 spiro atoms.